The third-order valence-corrected chi connectivity index (χ3v) is 8.96. The molecule has 7 aromatic rings. The topological polar surface area (TPSA) is 44.2 Å². The Bertz CT molecular complexity index is 2190. The molecule has 0 saturated heterocycles. The first-order valence-corrected chi connectivity index (χ1v) is 15.3. The van der Waals surface area contributed by atoms with E-state index in [2.05, 4.69) is 106 Å². The van der Waals surface area contributed by atoms with Gasteiger partial charge < -0.3 is 19.4 Å². The average molecular weight is 774 g/mol. The summed E-state index contributed by atoms with van der Waals surface area (Å²) >= 11 is 0. The van der Waals surface area contributed by atoms with Gasteiger partial charge in [0.2, 0.25) is 6.71 Å². The Balaban J connectivity index is 0.00000312. The average Bonchev–Trinajstić information content (AvgIpc) is 3.06. The quantitative estimate of drug-likeness (QED) is 0.133. The third-order valence-electron chi connectivity index (χ3n) is 8.96. The molecule has 2 aliphatic heterocycles. The summed E-state index contributed by atoms with van der Waals surface area (Å²) in [6.45, 7) is 6.44. The molecule has 0 spiro atoms. The number of pyridine rings is 2. The monoisotopic (exact) mass is 773 g/mol. The van der Waals surface area contributed by atoms with Crippen molar-refractivity contribution in [2.24, 2.45) is 0 Å². The van der Waals surface area contributed by atoms with Crippen molar-refractivity contribution < 1.29 is 30.5 Å². The molecule has 0 aliphatic carbocycles. The van der Waals surface area contributed by atoms with Crippen LogP contribution in [0.3, 0.4) is 0 Å². The van der Waals surface area contributed by atoms with Gasteiger partial charge in [0.25, 0.3) is 0 Å². The summed E-state index contributed by atoms with van der Waals surface area (Å²) in [6, 6.07) is 40.8. The van der Waals surface area contributed by atoms with E-state index >= 15 is 0 Å². The summed E-state index contributed by atoms with van der Waals surface area (Å²) in [5.41, 5.74) is 7.55. The molecule has 0 fully saturated rings. The first-order valence-electron chi connectivity index (χ1n) is 15.3. The summed E-state index contributed by atoms with van der Waals surface area (Å²) in [4.78, 5) is 9.60. The van der Waals surface area contributed by atoms with Crippen molar-refractivity contribution in [2.45, 2.75) is 26.2 Å². The summed E-state index contributed by atoms with van der Waals surface area (Å²) in [5, 5.41) is 4.51. The van der Waals surface area contributed by atoms with Crippen molar-refractivity contribution in [2.75, 3.05) is 0 Å². The number of hydrogen-bond donors (Lipinski definition) is 0. The third kappa shape index (κ3) is 4.65. The molecule has 0 amide bonds. The fraction of sp³-hybridized carbons (Fsp3) is 0.100. The van der Waals surface area contributed by atoms with Crippen LogP contribution in [0.25, 0.3) is 44.1 Å². The van der Waals surface area contributed by atoms with Gasteiger partial charge in [-0.25, -0.2) is 0 Å². The van der Waals surface area contributed by atoms with Crippen LogP contribution in [-0.4, -0.2) is 16.7 Å². The minimum Gasteiger partial charge on any atom is -0.503 e. The van der Waals surface area contributed by atoms with Crippen LogP contribution in [0.1, 0.15) is 26.3 Å². The van der Waals surface area contributed by atoms with Gasteiger partial charge in [0.05, 0.1) is 0 Å². The number of ether oxygens (including phenoxy) is 2. The van der Waals surface area contributed by atoms with E-state index < -0.39 is 0 Å². The molecule has 222 valence electrons. The zero-order valence-corrected chi connectivity index (χ0v) is 27.8. The van der Waals surface area contributed by atoms with Crippen molar-refractivity contribution in [3.8, 4) is 45.5 Å². The summed E-state index contributed by atoms with van der Waals surface area (Å²) < 4.78 is 13.3. The van der Waals surface area contributed by atoms with E-state index in [1.54, 1.807) is 0 Å². The maximum absolute atomic E-state index is 6.64. The summed E-state index contributed by atoms with van der Waals surface area (Å²) in [6.07, 6.45) is 3.85. The van der Waals surface area contributed by atoms with Crippen LogP contribution in [0.4, 0.5) is 0 Å². The second-order valence-electron chi connectivity index (χ2n) is 12.9. The SMILES string of the molecule is CC(C)(C)c1cc2c3c(c1)Oc1ccc(-c4cc5ccccc5cn4)[c-]c1B3c1[c-]c(-c3cc4ccccc4cn3)ccc1O2.[Pt+2]. The Morgan fingerprint density at radius 1 is 0.565 bits per heavy atom. The number of nitrogens with zero attached hydrogens (tertiary/aromatic N) is 2. The molecule has 0 bridgehead atoms. The van der Waals surface area contributed by atoms with Crippen LogP contribution in [0.5, 0.6) is 23.0 Å². The van der Waals surface area contributed by atoms with E-state index in [0.717, 1.165) is 89.0 Å². The Morgan fingerprint density at radius 2 is 1.02 bits per heavy atom. The Labute approximate surface area is 282 Å². The second-order valence-corrected chi connectivity index (χ2v) is 12.9. The van der Waals surface area contributed by atoms with Crippen molar-refractivity contribution in [1.82, 2.24) is 9.97 Å². The van der Waals surface area contributed by atoms with Crippen LogP contribution >= 0.6 is 0 Å². The first kappa shape index (κ1) is 28.7. The summed E-state index contributed by atoms with van der Waals surface area (Å²) in [7, 11) is 0. The van der Waals surface area contributed by atoms with Gasteiger partial charge in [0.1, 0.15) is 11.5 Å². The fourth-order valence-electron chi connectivity index (χ4n) is 6.52. The smallest absolute Gasteiger partial charge is 0.503 e. The molecular weight excluding hydrogens is 746 g/mol. The van der Waals surface area contributed by atoms with Crippen molar-refractivity contribution in [3.05, 3.63) is 127 Å². The predicted octanol–water partition coefficient (Wildman–Crippen LogP) is 7.74. The van der Waals surface area contributed by atoms with Gasteiger partial charge in [-0.2, -0.15) is 0 Å². The van der Waals surface area contributed by atoms with Crippen LogP contribution in [0.15, 0.2) is 109 Å². The van der Waals surface area contributed by atoms with Crippen molar-refractivity contribution in [3.63, 3.8) is 0 Å². The minimum atomic E-state index is -0.183. The molecule has 0 N–H and O–H groups in total. The largest absolute Gasteiger partial charge is 2.00 e. The maximum Gasteiger partial charge on any atom is 2.00 e. The van der Waals surface area contributed by atoms with Crippen molar-refractivity contribution in [1.29, 1.82) is 0 Å². The van der Waals surface area contributed by atoms with Crippen LogP contribution in [0, 0.1) is 12.1 Å². The summed E-state index contributed by atoms with van der Waals surface area (Å²) in [5.74, 6) is 3.19. The maximum atomic E-state index is 6.64. The standard InChI is InChI=1S/C40H27BN2O2.Pt/c1-40(2,3)30-20-37-39-38(21-30)45-36-15-13-27(34-19-25-9-5-7-11-29(25)23-43-34)17-32(36)41(39)31-16-26(12-14-35(31)44-37)33-18-24-8-4-6-10-28(24)22-42-33;/h4-15,18-23H,1-3H3;/q-2;+2. The molecule has 0 radical (unpaired) electrons. The van der Waals surface area contributed by atoms with Gasteiger partial charge in [-0.15, -0.1) is 58.5 Å². The fourth-order valence-corrected chi connectivity index (χ4v) is 6.52. The second kappa shape index (κ2) is 10.7. The van der Waals surface area contributed by atoms with E-state index in [1.165, 1.54) is 0 Å². The van der Waals surface area contributed by atoms with E-state index in [-0.39, 0.29) is 33.2 Å². The van der Waals surface area contributed by atoms with Crippen LogP contribution in [0.2, 0.25) is 0 Å². The minimum absolute atomic E-state index is 0. The predicted molar refractivity (Wildman–Crippen MR) is 182 cm³/mol. The molecule has 5 aromatic carbocycles. The zero-order valence-electron chi connectivity index (χ0n) is 25.5. The van der Waals surface area contributed by atoms with Gasteiger partial charge >= 0.3 is 21.1 Å². The van der Waals surface area contributed by atoms with E-state index in [1.807, 2.05) is 36.7 Å². The van der Waals surface area contributed by atoms with E-state index in [9.17, 15) is 0 Å². The molecule has 2 aromatic heterocycles. The Kier molecular flexibility index (Phi) is 6.67. The molecular formula is C40H27BN2O2Pt. The number of benzene rings is 5. The first-order chi connectivity index (χ1) is 21.9. The molecule has 2 aliphatic rings. The van der Waals surface area contributed by atoms with Gasteiger partial charge in [0, 0.05) is 29.4 Å². The Hall–Kier alpha value is -4.73. The molecule has 6 heteroatoms. The number of fused-ring (bicyclic) bond motifs is 6. The molecule has 4 heterocycles. The van der Waals surface area contributed by atoms with Gasteiger partial charge in [-0.3, -0.25) is 0 Å². The molecule has 9 rings (SSSR count). The molecule has 4 nitrogen and oxygen atoms in total. The molecule has 46 heavy (non-hydrogen) atoms. The number of rotatable bonds is 2. The van der Waals surface area contributed by atoms with Crippen LogP contribution in [-0.2, 0) is 26.5 Å². The number of hydrogen-bond acceptors (Lipinski definition) is 4. The van der Waals surface area contributed by atoms with Gasteiger partial charge in [-0.1, -0.05) is 81.4 Å². The van der Waals surface area contributed by atoms with Crippen LogP contribution < -0.4 is 25.9 Å². The van der Waals surface area contributed by atoms with Gasteiger partial charge in [-0.05, 0) is 56.0 Å². The molecule has 0 unspecified atom stereocenters. The van der Waals surface area contributed by atoms with Crippen molar-refractivity contribution >= 4 is 44.6 Å². The number of aromatic nitrogens is 2. The van der Waals surface area contributed by atoms with Gasteiger partial charge in [0.15, 0.2) is 0 Å². The zero-order chi connectivity index (χ0) is 30.3. The Morgan fingerprint density at radius 3 is 1.48 bits per heavy atom. The molecule has 0 atom stereocenters. The molecule has 0 saturated carbocycles. The van der Waals surface area contributed by atoms with E-state index in [0.29, 0.717) is 0 Å². The normalized spacial score (nSPS) is 12.8. The van der Waals surface area contributed by atoms with E-state index in [4.69, 9.17) is 19.4 Å².